The quantitative estimate of drug-likeness (QED) is 0.570. The number of hydrogen-bond donors (Lipinski definition) is 0. The summed E-state index contributed by atoms with van der Waals surface area (Å²) in [5.74, 6) is 1.71. The molecule has 0 bridgehead atoms. The molecule has 1 aromatic rings. The van der Waals surface area contributed by atoms with Crippen LogP contribution in [0.25, 0.3) is 0 Å². The van der Waals surface area contributed by atoms with E-state index in [-0.39, 0.29) is 7.43 Å². The average molecular weight is 308 g/mol. The summed E-state index contributed by atoms with van der Waals surface area (Å²) in [5.41, 5.74) is 0.990. The predicted molar refractivity (Wildman–Crippen MR) is 88.9 cm³/mol. The van der Waals surface area contributed by atoms with Crippen molar-refractivity contribution >= 4 is 0 Å². The van der Waals surface area contributed by atoms with Crippen LogP contribution in [0.15, 0.2) is 18.2 Å². The predicted octanol–water partition coefficient (Wildman–Crippen LogP) is 6.70. The molecule has 0 radical (unpaired) electrons. The molecule has 22 heavy (non-hydrogen) atoms. The third kappa shape index (κ3) is 3.88. The highest BCUT2D eigenvalue weighted by Gasteiger charge is 2.30. The molecule has 2 saturated carbocycles. The molecule has 2 heteroatoms. The van der Waals surface area contributed by atoms with Gasteiger partial charge in [-0.15, -0.1) is 0 Å². The second-order valence-corrected chi connectivity index (χ2v) is 7.31. The van der Waals surface area contributed by atoms with E-state index in [1.807, 2.05) is 0 Å². The van der Waals surface area contributed by atoms with Crippen molar-refractivity contribution in [3.8, 4) is 0 Å². The van der Waals surface area contributed by atoms with Gasteiger partial charge in [0.15, 0.2) is 11.6 Å². The van der Waals surface area contributed by atoms with Crippen molar-refractivity contribution in [1.29, 1.82) is 0 Å². The van der Waals surface area contributed by atoms with Gasteiger partial charge in [0, 0.05) is 0 Å². The Balaban J connectivity index is 0.00000176. The van der Waals surface area contributed by atoms with Gasteiger partial charge >= 0.3 is 0 Å². The van der Waals surface area contributed by atoms with E-state index in [0.29, 0.717) is 5.92 Å². The van der Waals surface area contributed by atoms with Gasteiger partial charge in [-0.2, -0.15) is 0 Å². The minimum Gasteiger partial charge on any atom is -0.204 e. The van der Waals surface area contributed by atoms with Crippen molar-refractivity contribution < 1.29 is 8.78 Å². The van der Waals surface area contributed by atoms with Crippen molar-refractivity contribution in [3.05, 3.63) is 35.4 Å². The van der Waals surface area contributed by atoms with Crippen molar-refractivity contribution in [1.82, 2.24) is 0 Å². The van der Waals surface area contributed by atoms with Gasteiger partial charge in [-0.05, 0) is 79.9 Å². The van der Waals surface area contributed by atoms with Crippen molar-refractivity contribution in [3.63, 3.8) is 0 Å². The highest BCUT2D eigenvalue weighted by atomic mass is 19.2. The third-order valence-corrected chi connectivity index (χ3v) is 5.91. The summed E-state index contributed by atoms with van der Waals surface area (Å²) in [7, 11) is 0. The minimum atomic E-state index is -0.733. The zero-order chi connectivity index (χ0) is 14.8. The molecular weight excluding hydrogens is 278 g/mol. The second-order valence-electron chi connectivity index (χ2n) is 7.31. The van der Waals surface area contributed by atoms with Gasteiger partial charge in [-0.25, -0.2) is 8.78 Å². The lowest BCUT2D eigenvalue weighted by Gasteiger charge is -2.37. The molecule has 0 N–H and O–H groups in total. The van der Waals surface area contributed by atoms with E-state index in [4.69, 9.17) is 0 Å². The van der Waals surface area contributed by atoms with Crippen LogP contribution >= 0.6 is 0 Å². The fraction of sp³-hybridized carbons (Fsp3) is 0.700. The summed E-state index contributed by atoms with van der Waals surface area (Å²) in [4.78, 5) is 0. The second kappa shape index (κ2) is 7.57. The van der Waals surface area contributed by atoms with Crippen LogP contribution in [0.4, 0.5) is 8.78 Å². The van der Waals surface area contributed by atoms with Gasteiger partial charge in [-0.3, -0.25) is 0 Å². The van der Waals surface area contributed by atoms with Crippen LogP contribution in [-0.4, -0.2) is 0 Å². The SMILES string of the molecule is C.CC1CCC(C2CCC(c3ccc(F)c(F)c3)CC2)CC1. The maximum atomic E-state index is 13.4. The summed E-state index contributed by atoms with van der Waals surface area (Å²) >= 11 is 0. The molecule has 0 amide bonds. The van der Waals surface area contributed by atoms with Crippen molar-refractivity contribution in [2.24, 2.45) is 17.8 Å². The molecule has 0 unspecified atom stereocenters. The monoisotopic (exact) mass is 308 g/mol. The Morgan fingerprint density at radius 3 is 1.86 bits per heavy atom. The molecule has 0 aliphatic heterocycles. The smallest absolute Gasteiger partial charge is 0.159 e. The maximum Gasteiger partial charge on any atom is 0.159 e. The highest BCUT2D eigenvalue weighted by Crippen LogP contribution is 2.43. The lowest BCUT2D eigenvalue weighted by molar-refractivity contribution is 0.165. The summed E-state index contributed by atoms with van der Waals surface area (Å²) in [6, 6.07) is 4.45. The molecule has 0 saturated heterocycles. The number of rotatable bonds is 2. The summed E-state index contributed by atoms with van der Waals surface area (Å²) < 4.78 is 26.4. The highest BCUT2D eigenvalue weighted by molar-refractivity contribution is 5.22. The van der Waals surface area contributed by atoms with Gasteiger partial charge in [-0.1, -0.05) is 33.3 Å². The standard InChI is InChI=1S/C19H26F2.CH4/c1-13-2-4-14(5-3-13)15-6-8-16(9-7-15)17-10-11-18(20)19(21)12-17;/h10-16H,2-9H2,1H3;1H4. The average Bonchev–Trinajstić information content (AvgIpc) is 2.51. The molecule has 0 spiro atoms. The number of benzene rings is 1. The van der Waals surface area contributed by atoms with Gasteiger partial charge in [0.2, 0.25) is 0 Å². The Morgan fingerprint density at radius 1 is 0.773 bits per heavy atom. The first-order valence-electron chi connectivity index (χ1n) is 8.58. The van der Waals surface area contributed by atoms with E-state index in [0.717, 1.165) is 36.2 Å². The van der Waals surface area contributed by atoms with Crippen molar-refractivity contribution in [2.45, 2.75) is 71.6 Å². The molecule has 124 valence electrons. The summed E-state index contributed by atoms with van der Waals surface area (Å²) in [5, 5.41) is 0. The molecule has 2 aliphatic rings. The normalized spacial score (nSPS) is 32.3. The Labute approximate surface area is 134 Å². The molecular formula is C20H30F2. The van der Waals surface area contributed by atoms with Crippen LogP contribution < -0.4 is 0 Å². The lowest BCUT2D eigenvalue weighted by atomic mass is 9.68. The van der Waals surface area contributed by atoms with Gasteiger partial charge < -0.3 is 0 Å². The Hall–Kier alpha value is -0.920. The van der Waals surface area contributed by atoms with Crippen LogP contribution in [0.2, 0.25) is 0 Å². The first kappa shape index (κ1) is 17.4. The van der Waals surface area contributed by atoms with E-state index in [9.17, 15) is 8.78 Å². The molecule has 2 aliphatic carbocycles. The van der Waals surface area contributed by atoms with Crippen LogP contribution in [-0.2, 0) is 0 Å². The maximum absolute atomic E-state index is 13.4. The molecule has 0 aromatic heterocycles. The molecule has 0 atom stereocenters. The largest absolute Gasteiger partial charge is 0.204 e. The van der Waals surface area contributed by atoms with E-state index in [2.05, 4.69) is 6.92 Å². The third-order valence-electron chi connectivity index (χ3n) is 5.91. The van der Waals surface area contributed by atoms with Gasteiger partial charge in [0.05, 0.1) is 0 Å². The molecule has 3 rings (SSSR count). The van der Waals surface area contributed by atoms with E-state index in [1.165, 1.54) is 50.7 Å². The van der Waals surface area contributed by atoms with E-state index >= 15 is 0 Å². The fourth-order valence-electron chi connectivity index (χ4n) is 4.45. The molecule has 0 nitrogen and oxygen atoms in total. The Kier molecular flexibility index (Phi) is 6.00. The Bertz CT molecular complexity index is 467. The summed E-state index contributed by atoms with van der Waals surface area (Å²) in [6.45, 7) is 2.37. The molecule has 1 aromatic carbocycles. The minimum absolute atomic E-state index is 0. The lowest BCUT2D eigenvalue weighted by Crippen LogP contribution is -2.24. The first-order chi connectivity index (χ1) is 10.1. The van der Waals surface area contributed by atoms with Crippen LogP contribution in [0.1, 0.15) is 77.2 Å². The number of halogens is 2. The van der Waals surface area contributed by atoms with Gasteiger partial charge in [0.25, 0.3) is 0 Å². The fourth-order valence-corrected chi connectivity index (χ4v) is 4.45. The zero-order valence-corrected chi connectivity index (χ0v) is 13.0. The summed E-state index contributed by atoms with van der Waals surface area (Å²) in [6.07, 6.45) is 10.4. The van der Waals surface area contributed by atoms with Crippen molar-refractivity contribution in [2.75, 3.05) is 0 Å². The van der Waals surface area contributed by atoms with E-state index < -0.39 is 11.6 Å². The van der Waals surface area contributed by atoms with Crippen LogP contribution in [0.3, 0.4) is 0 Å². The van der Waals surface area contributed by atoms with Crippen LogP contribution in [0, 0.1) is 29.4 Å². The van der Waals surface area contributed by atoms with Gasteiger partial charge in [0.1, 0.15) is 0 Å². The van der Waals surface area contributed by atoms with E-state index in [1.54, 1.807) is 6.07 Å². The first-order valence-corrected chi connectivity index (χ1v) is 8.58. The number of hydrogen-bond acceptors (Lipinski definition) is 0. The topological polar surface area (TPSA) is 0 Å². The molecule has 0 heterocycles. The Morgan fingerprint density at radius 2 is 1.32 bits per heavy atom. The zero-order valence-electron chi connectivity index (χ0n) is 13.0. The van der Waals surface area contributed by atoms with Crippen LogP contribution in [0.5, 0.6) is 0 Å². The molecule has 2 fully saturated rings.